The molecule has 0 aromatic heterocycles. The molecule has 0 aliphatic carbocycles. The summed E-state index contributed by atoms with van der Waals surface area (Å²) in [5.74, 6) is 5.99. The normalized spacial score (nSPS) is 9.42. The summed E-state index contributed by atoms with van der Waals surface area (Å²) in [7, 11) is 0. The van der Waals surface area contributed by atoms with Gasteiger partial charge in [-0.3, -0.25) is 0 Å². The van der Waals surface area contributed by atoms with Gasteiger partial charge in [-0.1, -0.05) is 12.2 Å². The van der Waals surface area contributed by atoms with E-state index < -0.39 is 0 Å². The van der Waals surface area contributed by atoms with E-state index in [0.29, 0.717) is 12.8 Å². The molecule has 0 aromatic rings. The minimum absolute atomic E-state index is 0.571. The summed E-state index contributed by atoms with van der Waals surface area (Å²) in [6.45, 7) is 2.02. The Morgan fingerprint density at radius 3 is 2.58 bits per heavy atom. The van der Waals surface area contributed by atoms with Gasteiger partial charge in [0.2, 0.25) is 0 Å². The molecule has 12 heavy (non-hydrogen) atoms. The maximum absolute atomic E-state index is 9.90. The van der Waals surface area contributed by atoms with Crippen molar-refractivity contribution in [1.29, 1.82) is 0 Å². The van der Waals surface area contributed by atoms with Crippen molar-refractivity contribution in [3.05, 3.63) is 12.2 Å². The minimum atomic E-state index is 0.571. The maximum atomic E-state index is 9.90. The number of unbranched alkanes of at least 4 members (excludes halogenated alkanes) is 3. The van der Waals surface area contributed by atoms with Crippen molar-refractivity contribution in [3.8, 4) is 11.8 Å². The summed E-state index contributed by atoms with van der Waals surface area (Å²) in [4.78, 5) is 9.90. The topological polar surface area (TPSA) is 17.1 Å². The van der Waals surface area contributed by atoms with Crippen LogP contribution in [0.5, 0.6) is 0 Å². The Morgan fingerprint density at radius 1 is 1.17 bits per heavy atom. The SMILES string of the molecule is C/C=C\CCCC#CCCC=O. The molecular formula is C11H16O. The quantitative estimate of drug-likeness (QED) is 0.264. The van der Waals surface area contributed by atoms with Crippen LogP contribution < -0.4 is 0 Å². The van der Waals surface area contributed by atoms with Crippen LogP contribution in [0.15, 0.2) is 12.2 Å². The Morgan fingerprint density at radius 2 is 1.92 bits per heavy atom. The maximum Gasteiger partial charge on any atom is 0.120 e. The molecule has 0 aliphatic rings. The Hall–Kier alpha value is -1.03. The number of carbonyl (C=O) groups is 1. The van der Waals surface area contributed by atoms with Crippen molar-refractivity contribution in [2.24, 2.45) is 0 Å². The van der Waals surface area contributed by atoms with E-state index in [0.717, 1.165) is 25.5 Å². The van der Waals surface area contributed by atoms with E-state index in [1.54, 1.807) is 0 Å². The van der Waals surface area contributed by atoms with E-state index in [4.69, 9.17) is 0 Å². The predicted molar refractivity (Wildman–Crippen MR) is 51.7 cm³/mol. The van der Waals surface area contributed by atoms with Crippen molar-refractivity contribution >= 4 is 6.29 Å². The van der Waals surface area contributed by atoms with Crippen LogP contribution in [0.25, 0.3) is 0 Å². The highest BCUT2D eigenvalue weighted by atomic mass is 16.1. The second-order valence-corrected chi connectivity index (χ2v) is 2.52. The lowest BCUT2D eigenvalue weighted by Crippen LogP contribution is -1.72. The lowest BCUT2D eigenvalue weighted by Gasteiger charge is -1.85. The molecule has 1 nitrogen and oxygen atoms in total. The van der Waals surface area contributed by atoms with Gasteiger partial charge in [0.25, 0.3) is 0 Å². The van der Waals surface area contributed by atoms with Gasteiger partial charge in [0.15, 0.2) is 0 Å². The second kappa shape index (κ2) is 9.97. The van der Waals surface area contributed by atoms with E-state index in [1.807, 2.05) is 6.92 Å². The average Bonchev–Trinajstić information content (AvgIpc) is 2.10. The first-order valence-corrected chi connectivity index (χ1v) is 4.42. The van der Waals surface area contributed by atoms with Gasteiger partial charge >= 0.3 is 0 Å². The van der Waals surface area contributed by atoms with E-state index >= 15 is 0 Å². The molecule has 1 heteroatoms. The van der Waals surface area contributed by atoms with Crippen LogP contribution in [0, 0.1) is 11.8 Å². The summed E-state index contributed by atoms with van der Waals surface area (Å²) >= 11 is 0. The first-order valence-electron chi connectivity index (χ1n) is 4.42. The predicted octanol–water partition coefficient (Wildman–Crippen LogP) is 2.72. The molecule has 0 bridgehead atoms. The van der Waals surface area contributed by atoms with Gasteiger partial charge in [-0.25, -0.2) is 0 Å². The molecule has 0 aliphatic heterocycles. The highest BCUT2D eigenvalue weighted by Crippen LogP contribution is 1.94. The smallest absolute Gasteiger partial charge is 0.120 e. The van der Waals surface area contributed by atoms with Crippen molar-refractivity contribution in [3.63, 3.8) is 0 Å². The molecule has 0 spiro atoms. The second-order valence-electron chi connectivity index (χ2n) is 2.52. The Bertz CT molecular complexity index is 181. The van der Waals surface area contributed by atoms with Crippen LogP contribution >= 0.6 is 0 Å². The summed E-state index contributed by atoms with van der Waals surface area (Å²) in [5.41, 5.74) is 0. The van der Waals surface area contributed by atoms with E-state index in [1.165, 1.54) is 0 Å². The van der Waals surface area contributed by atoms with Gasteiger partial charge in [-0.05, 0) is 19.8 Å². The molecule has 0 saturated carbocycles. The van der Waals surface area contributed by atoms with Crippen molar-refractivity contribution in [2.45, 2.75) is 39.0 Å². The fourth-order valence-corrected chi connectivity index (χ4v) is 0.783. The van der Waals surface area contributed by atoms with Crippen LogP contribution in [0.3, 0.4) is 0 Å². The van der Waals surface area contributed by atoms with Crippen molar-refractivity contribution < 1.29 is 4.79 Å². The fourth-order valence-electron chi connectivity index (χ4n) is 0.783. The van der Waals surface area contributed by atoms with E-state index in [2.05, 4.69) is 24.0 Å². The molecule has 0 fully saturated rings. The molecule has 66 valence electrons. The highest BCUT2D eigenvalue weighted by molar-refractivity contribution is 5.49. The Kier molecular flexibility index (Phi) is 9.11. The van der Waals surface area contributed by atoms with E-state index in [-0.39, 0.29) is 0 Å². The lowest BCUT2D eigenvalue weighted by atomic mass is 10.2. The van der Waals surface area contributed by atoms with Crippen LogP contribution in [0.4, 0.5) is 0 Å². The van der Waals surface area contributed by atoms with Gasteiger partial charge in [-0.15, -0.1) is 11.8 Å². The summed E-state index contributed by atoms with van der Waals surface area (Å²) in [6, 6.07) is 0. The molecule has 0 aromatic carbocycles. The van der Waals surface area contributed by atoms with Crippen LogP contribution in [0.2, 0.25) is 0 Å². The lowest BCUT2D eigenvalue weighted by molar-refractivity contribution is -0.107. The first kappa shape index (κ1) is 11.0. The van der Waals surface area contributed by atoms with Crippen LogP contribution in [-0.4, -0.2) is 6.29 Å². The third-order valence-electron chi connectivity index (χ3n) is 1.42. The number of carbonyl (C=O) groups excluding carboxylic acids is 1. The first-order chi connectivity index (χ1) is 5.91. The standard InChI is InChI=1S/C11H16O/c1-2-3-4-5-6-7-8-9-10-11-12/h2-3,11H,4-6,9-10H2,1H3/b3-2-. The van der Waals surface area contributed by atoms with Crippen molar-refractivity contribution in [1.82, 2.24) is 0 Å². The third kappa shape index (κ3) is 8.97. The molecule has 0 saturated heterocycles. The minimum Gasteiger partial charge on any atom is -0.303 e. The van der Waals surface area contributed by atoms with Crippen LogP contribution in [0.1, 0.15) is 39.0 Å². The van der Waals surface area contributed by atoms with Crippen LogP contribution in [-0.2, 0) is 4.79 Å². The zero-order chi connectivity index (χ0) is 9.07. The largest absolute Gasteiger partial charge is 0.303 e. The van der Waals surface area contributed by atoms with Gasteiger partial charge in [0.1, 0.15) is 6.29 Å². The van der Waals surface area contributed by atoms with Gasteiger partial charge in [-0.2, -0.15) is 0 Å². The fraction of sp³-hybridized carbons (Fsp3) is 0.545. The summed E-state index contributed by atoms with van der Waals surface area (Å²) in [6.07, 6.45) is 9.58. The molecule has 0 rings (SSSR count). The van der Waals surface area contributed by atoms with Gasteiger partial charge < -0.3 is 4.79 Å². The molecular weight excluding hydrogens is 148 g/mol. The number of hydrogen-bond acceptors (Lipinski definition) is 1. The monoisotopic (exact) mass is 164 g/mol. The zero-order valence-electron chi connectivity index (χ0n) is 7.68. The molecule has 0 unspecified atom stereocenters. The third-order valence-corrected chi connectivity index (χ3v) is 1.42. The summed E-state index contributed by atoms with van der Waals surface area (Å²) in [5, 5.41) is 0. The van der Waals surface area contributed by atoms with Gasteiger partial charge in [0, 0.05) is 19.3 Å². The average molecular weight is 164 g/mol. The molecule has 0 amide bonds. The molecule has 0 radical (unpaired) electrons. The molecule has 0 N–H and O–H groups in total. The Labute approximate surface area is 74.9 Å². The summed E-state index contributed by atoms with van der Waals surface area (Å²) < 4.78 is 0. The number of allylic oxidation sites excluding steroid dienone is 2. The highest BCUT2D eigenvalue weighted by Gasteiger charge is 1.79. The van der Waals surface area contributed by atoms with Gasteiger partial charge in [0.05, 0.1) is 0 Å². The zero-order valence-corrected chi connectivity index (χ0v) is 7.68. The number of hydrogen-bond donors (Lipinski definition) is 0. The molecule has 0 heterocycles. The van der Waals surface area contributed by atoms with E-state index in [9.17, 15) is 4.79 Å². The van der Waals surface area contributed by atoms with Crippen molar-refractivity contribution in [2.75, 3.05) is 0 Å². The molecule has 0 atom stereocenters. The number of aldehydes is 1. The number of rotatable bonds is 5. The Balaban J connectivity index is 3.15.